The van der Waals surface area contributed by atoms with Gasteiger partial charge in [0.2, 0.25) is 0 Å². The molecule has 1 heterocycles. The Labute approximate surface area is 94.7 Å². The molecule has 0 saturated carbocycles. The van der Waals surface area contributed by atoms with Crippen molar-refractivity contribution in [3.63, 3.8) is 0 Å². The summed E-state index contributed by atoms with van der Waals surface area (Å²) in [4.78, 5) is 0. The van der Waals surface area contributed by atoms with E-state index >= 15 is 0 Å². The first-order chi connectivity index (χ1) is 7.15. The molecule has 0 N–H and O–H groups in total. The first-order valence-corrected chi connectivity index (χ1v) is 6.16. The third-order valence-electron chi connectivity index (χ3n) is 2.42. The van der Waals surface area contributed by atoms with E-state index in [1.165, 1.54) is 17.7 Å². The second-order valence-electron chi connectivity index (χ2n) is 4.02. The van der Waals surface area contributed by atoms with Crippen LogP contribution in [0.4, 0.5) is 0 Å². The molecule has 1 aromatic heterocycles. The van der Waals surface area contributed by atoms with Crippen molar-refractivity contribution in [2.75, 3.05) is 0 Å². The van der Waals surface area contributed by atoms with Crippen molar-refractivity contribution in [2.45, 2.75) is 60.9 Å². The van der Waals surface area contributed by atoms with Crippen LogP contribution in [-0.2, 0) is 13.0 Å². The van der Waals surface area contributed by atoms with Crippen LogP contribution >= 0.6 is 0 Å². The lowest BCUT2D eigenvalue weighted by molar-refractivity contribution is 0.547. The van der Waals surface area contributed by atoms with Gasteiger partial charge in [-0.25, -0.2) is 0 Å². The summed E-state index contributed by atoms with van der Waals surface area (Å²) < 4.78 is 2.11. The van der Waals surface area contributed by atoms with E-state index in [9.17, 15) is 0 Å². The zero-order valence-corrected chi connectivity index (χ0v) is 11.2. The minimum absolute atomic E-state index is 0.777. The van der Waals surface area contributed by atoms with Crippen LogP contribution in [0.5, 0.6) is 0 Å². The van der Waals surface area contributed by atoms with E-state index in [-0.39, 0.29) is 0 Å². The van der Waals surface area contributed by atoms with Crippen LogP contribution in [-0.4, -0.2) is 9.78 Å². The molecule has 0 radical (unpaired) electrons. The Bertz CT molecular complexity index is 261. The summed E-state index contributed by atoms with van der Waals surface area (Å²) >= 11 is 0. The van der Waals surface area contributed by atoms with Crippen molar-refractivity contribution in [2.24, 2.45) is 5.92 Å². The van der Waals surface area contributed by atoms with Gasteiger partial charge in [0.05, 0.1) is 6.20 Å². The molecular weight excluding hydrogens is 184 g/mol. The summed E-state index contributed by atoms with van der Waals surface area (Å²) in [5.41, 5.74) is 2.75. The highest BCUT2D eigenvalue weighted by Gasteiger charge is 2.06. The quantitative estimate of drug-likeness (QED) is 0.738. The number of nitrogens with zero attached hydrogens (tertiary/aromatic N) is 2. The second kappa shape index (κ2) is 7.49. The molecule has 0 aliphatic heterocycles. The van der Waals surface area contributed by atoms with Crippen LogP contribution in [0.2, 0.25) is 0 Å². The summed E-state index contributed by atoms with van der Waals surface area (Å²) in [7, 11) is 0. The van der Waals surface area contributed by atoms with Crippen LogP contribution < -0.4 is 0 Å². The fourth-order valence-electron chi connectivity index (χ4n) is 1.53. The van der Waals surface area contributed by atoms with Gasteiger partial charge >= 0.3 is 0 Å². The van der Waals surface area contributed by atoms with Gasteiger partial charge in [0, 0.05) is 12.2 Å². The predicted molar refractivity (Wildman–Crippen MR) is 67.1 cm³/mol. The average molecular weight is 210 g/mol. The third kappa shape index (κ3) is 4.50. The molecule has 0 unspecified atom stereocenters. The van der Waals surface area contributed by atoms with E-state index in [0.717, 1.165) is 18.9 Å². The van der Waals surface area contributed by atoms with E-state index < -0.39 is 0 Å². The van der Waals surface area contributed by atoms with Gasteiger partial charge in [0.1, 0.15) is 0 Å². The van der Waals surface area contributed by atoms with Gasteiger partial charge in [-0.2, -0.15) is 5.10 Å². The smallest absolute Gasteiger partial charge is 0.0521 e. The van der Waals surface area contributed by atoms with Crippen molar-refractivity contribution in [3.8, 4) is 0 Å². The number of hydrogen-bond acceptors (Lipinski definition) is 1. The Hall–Kier alpha value is -0.790. The highest BCUT2D eigenvalue weighted by Crippen LogP contribution is 2.12. The molecule has 0 aliphatic carbocycles. The number of aromatic nitrogens is 2. The van der Waals surface area contributed by atoms with Crippen molar-refractivity contribution in [1.29, 1.82) is 0 Å². The normalized spacial score (nSPS) is 10.1. The van der Waals surface area contributed by atoms with Gasteiger partial charge in [-0.3, -0.25) is 4.68 Å². The summed E-state index contributed by atoms with van der Waals surface area (Å²) in [6, 6.07) is 0. The van der Waals surface area contributed by atoms with E-state index in [0.29, 0.717) is 0 Å². The number of rotatable bonds is 4. The second-order valence-corrected chi connectivity index (χ2v) is 4.02. The van der Waals surface area contributed by atoms with Crippen LogP contribution in [0, 0.1) is 12.8 Å². The summed E-state index contributed by atoms with van der Waals surface area (Å²) in [5.74, 6) is 0.777. The van der Waals surface area contributed by atoms with E-state index in [2.05, 4.69) is 37.5 Å². The fourth-order valence-corrected chi connectivity index (χ4v) is 1.53. The first kappa shape index (κ1) is 14.2. The Kier molecular flexibility index (Phi) is 7.10. The Balaban J connectivity index is 0.000000921. The van der Waals surface area contributed by atoms with Gasteiger partial charge in [0.25, 0.3) is 0 Å². The highest BCUT2D eigenvalue weighted by molar-refractivity contribution is 5.15. The minimum atomic E-state index is 0.777. The van der Waals surface area contributed by atoms with E-state index in [1.807, 2.05) is 20.0 Å². The zero-order chi connectivity index (χ0) is 11.8. The summed E-state index contributed by atoms with van der Waals surface area (Å²) in [6.45, 7) is 13.8. The molecule has 0 fully saturated rings. The lowest BCUT2D eigenvalue weighted by Gasteiger charge is -2.07. The molecule has 15 heavy (non-hydrogen) atoms. The van der Waals surface area contributed by atoms with Crippen molar-refractivity contribution in [3.05, 3.63) is 17.5 Å². The average Bonchev–Trinajstić information content (AvgIpc) is 2.59. The molecule has 1 rings (SSSR count). The fraction of sp³-hybridized carbons (Fsp3) is 0.769. The minimum Gasteiger partial charge on any atom is -0.270 e. The molecule has 0 aromatic carbocycles. The van der Waals surface area contributed by atoms with Crippen molar-refractivity contribution < 1.29 is 0 Å². The van der Waals surface area contributed by atoms with Gasteiger partial charge in [-0.1, -0.05) is 27.7 Å². The standard InChI is InChI=1S/C11H20N2.C2H6/c1-5-13-11(7-6-9(2)3)10(4)8-12-13;1-2/h8-9H,5-7H2,1-4H3;1-2H3. The number of aryl methyl sites for hydroxylation is 2. The first-order valence-electron chi connectivity index (χ1n) is 6.16. The Morgan fingerprint density at radius 1 is 1.33 bits per heavy atom. The maximum absolute atomic E-state index is 4.33. The summed E-state index contributed by atoms with van der Waals surface area (Å²) in [6.07, 6.45) is 4.39. The maximum atomic E-state index is 4.33. The Morgan fingerprint density at radius 3 is 2.40 bits per heavy atom. The van der Waals surface area contributed by atoms with Crippen LogP contribution in [0.15, 0.2) is 6.20 Å². The monoisotopic (exact) mass is 210 g/mol. The molecule has 0 amide bonds. The molecule has 2 nitrogen and oxygen atoms in total. The largest absolute Gasteiger partial charge is 0.270 e. The van der Waals surface area contributed by atoms with Crippen molar-refractivity contribution >= 4 is 0 Å². The number of hydrogen-bond donors (Lipinski definition) is 0. The lowest BCUT2D eigenvalue weighted by atomic mass is 10.0. The maximum Gasteiger partial charge on any atom is 0.0521 e. The van der Waals surface area contributed by atoms with Gasteiger partial charge in [0.15, 0.2) is 0 Å². The van der Waals surface area contributed by atoms with E-state index in [1.54, 1.807) is 0 Å². The van der Waals surface area contributed by atoms with Gasteiger partial charge in [-0.15, -0.1) is 0 Å². The molecule has 0 bridgehead atoms. The third-order valence-corrected chi connectivity index (χ3v) is 2.42. The molecule has 1 aromatic rings. The predicted octanol–water partition coefficient (Wildman–Crippen LogP) is 3.83. The lowest BCUT2D eigenvalue weighted by Crippen LogP contribution is -2.04. The molecule has 0 spiro atoms. The molecule has 0 saturated heterocycles. The van der Waals surface area contributed by atoms with Crippen LogP contribution in [0.1, 0.15) is 52.3 Å². The highest BCUT2D eigenvalue weighted by atomic mass is 15.3. The van der Waals surface area contributed by atoms with E-state index in [4.69, 9.17) is 0 Å². The SMILES string of the molecule is CC.CCn1ncc(C)c1CCC(C)C. The van der Waals surface area contributed by atoms with Crippen LogP contribution in [0.3, 0.4) is 0 Å². The molecular formula is C13H26N2. The summed E-state index contributed by atoms with van der Waals surface area (Å²) in [5, 5.41) is 4.33. The van der Waals surface area contributed by atoms with Gasteiger partial charge in [-0.05, 0) is 38.2 Å². The zero-order valence-electron chi connectivity index (χ0n) is 11.2. The van der Waals surface area contributed by atoms with Crippen molar-refractivity contribution in [1.82, 2.24) is 9.78 Å². The molecule has 2 heteroatoms. The molecule has 0 atom stereocenters. The molecule has 88 valence electrons. The van der Waals surface area contributed by atoms with Crippen LogP contribution in [0.25, 0.3) is 0 Å². The Morgan fingerprint density at radius 2 is 1.93 bits per heavy atom. The van der Waals surface area contributed by atoms with Gasteiger partial charge < -0.3 is 0 Å². The topological polar surface area (TPSA) is 17.8 Å². The molecule has 0 aliphatic rings.